The molecule has 6 aromatic carbocycles. The Bertz CT molecular complexity index is 3050. The van der Waals surface area contributed by atoms with Crippen LogP contribution >= 0.6 is 11.3 Å². The second-order valence-corrected chi connectivity index (χ2v) is 15.7. The lowest BCUT2D eigenvalue weighted by molar-refractivity contribution is 0.669. The third-order valence-corrected chi connectivity index (χ3v) is 12.4. The van der Waals surface area contributed by atoms with Crippen LogP contribution in [-0.2, 0) is 6.42 Å². The minimum absolute atomic E-state index is 0.372. The summed E-state index contributed by atoms with van der Waals surface area (Å²) in [7, 11) is 0. The molecule has 0 aliphatic heterocycles. The minimum atomic E-state index is 0.372. The molecule has 0 amide bonds. The Morgan fingerprint density at radius 1 is 0.536 bits per heavy atom. The first-order valence-electron chi connectivity index (χ1n) is 19.2. The Kier molecular flexibility index (Phi) is 7.92. The van der Waals surface area contributed by atoms with Crippen molar-refractivity contribution >= 4 is 60.6 Å². The van der Waals surface area contributed by atoms with E-state index < -0.39 is 0 Å². The highest BCUT2D eigenvalue weighted by Crippen LogP contribution is 2.45. The lowest BCUT2D eigenvalue weighted by atomic mass is 9.85. The zero-order chi connectivity index (χ0) is 37.0. The predicted molar refractivity (Wildman–Crippen MR) is 232 cm³/mol. The number of nitrogens with zero attached hydrogens (tertiary/aromatic N) is 3. The van der Waals surface area contributed by atoms with Crippen LogP contribution in [0.3, 0.4) is 0 Å². The van der Waals surface area contributed by atoms with Gasteiger partial charge in [-0.3, -0.25) is 0 Å². The van der Waals surface area contributed by atoms with E-state index in [0.717, 1.165) is 57.9 Å². The number of aromatic nitrogens is 3. The molecule has 0 N–H and O–H groups in total. The average Bonchev–Trinajstić information content (AvgIpc) is 3.84. The molecule has 266 valence electrons. The lowest BCUT2D eigenvalue weighted by Gasteiger charge is -2.18. The van der Waals surface area contributed by atoms with Gasteiger partial charge in [0.1, 0.15) is 11.2 Å². The number of fused-ring (bicyclic) bond motifs is 6. The van der Waals surface area contributed by atoms with Gasteiger partial charge in [0.05, 0.1) is 0 Å². The quantitative estimate of drug-likeness (QED) is 0.170. The summed E-state index contributed by atoms with van der Waals surface area (Å²) < 4.78 is 7.88. The van der Waals surface area contributed by atoms with E-state index in [1.807, 2.05) is 29.5 Å². The lowest BCUT2D eigenvalue weighted by Crippen LogP contribution is -2.04. The second kappa shape index (κ2) is 13.6. The van der Waals surface area contributed by atoms with Gasteiger partial charge < -0.3 is 4.42 Å². The van der Waals surface area contributed by atoms with E-state index in [9.17, 15) is 0 Å². The third kappa shape index (κ3) is 5.80. The van der Waals surface area contributed by atoms with E-state index in [0.29, 0.717) is 23.4 Å². The highest BCUT2D eigenvalue weighted by Gasteiger charge is 2.23. The minimum Gasteiger partial charge on any atom is -0.456 e. The average molecular weight is 738 g/mol. The molecule has 0 radical (unpaired) electrons. The monoisotopic (exact) mass is 737 g/mol. The maximum Gasteiger partial charge on any atom is 0.164 e. The summed E-state index contributed by atoms with van der Waals surface area (Å²) >= 11 is 1.89. The van der Waals surface area contributed by atoms with E-state index in [-0.39, 0.29) is 0 Å². The zero-order valence-corrected chi connectivity index (χ0v) is 31.3. The van der Waals surface area contributed by atoms with E-state index in [4.69, 9.17) is 19.4 Å². The first kappa shape index (κ1) is 32.7. The van der Waals surface area contributed by atoms with Gasteiger partial charge in [0.2, 0.25) is 0 Å². The Morgan fingerprint density at radius 3 is 2.02 bits per heavy atom. The molecular formula is C51H35N3OS. The smallest absolute Gasteiger partial charge is 0.164 e. The van der Waals surface area contributed by atoms with Gasteiger partial charge in [-0.1, -0.05) is 133 Å². The summed E-state index contributed by atoms with van der Waals surface area (Å²) in [5.41, 5.74) is 12.5. The molecule has 3 aromatic heterocycles. The Morgan fingerprint density at radius 2 is 1.23 bits per heavy atom. The molecule has 56 heavy (non-hydrogen) atoms. The predicted octanol–water partition coefficient (Wildman–Crippen LogP) is 13.6. The van der Waals surface area contributed by atoms with Crippen molar-refractivity contribution in [1.82, 2.24) is 15.0 Å². The number of hydrogen-bond donors (Lipinski definition) is 0. The number of allylic oxidation sites excluding steroid dienone is 5. The van der Waals surface area contributed by atoms with E-state index in [1.54, 1.807) is 0 Å². The first-order valence-corrected chi connectivity index (χ1v) is 20.1. The van der Waals surface area contributed by atoms with Crippen molar-refractivity contribution < 1.29 is 4.42 Å². The number of rotatable bonds is 6. The van der Waals surface area contributed by atoms with Gasteiger partial charge in [-0.15, -0.1) is 11.3 Å². The molecule has 0 saturated carbocycles. The van der Waals surface area contributed by atoms with Crippen LogP contribution in [0.25, 0.3) is 83.1 Å². The molecular weight excluding hydrogens is 703 g/mol. The van der Waals surface area contributed by atoms with Gasteiger partial charge in [0.25, 0.3) is 0 Å². The van der Waals surface area contributed by atoms with Crippen molar-refractivity contribution in [2.75, 3.05) is 0 Å². The van der Waals surface area contributed by atoms with Crippen molar-refractivity contribution in [3.05, 3.63) is 191 Å². The summed E-state index contributed by atoms with van der Waals surface area (Å²) in [6.07, 6.45) is 11.9. The molecule has 0 spiro atoms. The highest BCUT2D eigenvalue weighted by molar-refractivity contribution is 7.20. The van der Waals surface area contributed by atoms with Crippen LogP contribution in [0.1, 0.15) is 46.2 Å². The topological polar surface area (TPSA) is 51.8 Å². The third-order valence-electron chi connectivity index (χ3n) is 11.3. The fraction of sp³-hybridized carbons (Fsp3) is 0.0784. The van der Waals surface area contributed by atoms with E-state index in [1.165, 1.54) is 48.4 Å². The number of thiophene rings is 1. The van der Waals surface area contributed by atoms with E-state index >= 15 is 0 Å². The Hall–Kier alpha value is -6.69. The Labute approximate surface area is 328 Å². The molecule has 3 heterocycles. The molecule has 11 rings (SSSR count). The number of benzene rings is 6. The fourth-order valence-corrected chi connectivity index (χ4v) is 9.57. The normalized spacial score (nSPS) is 15.2. The fourth-order valence-electron chi connectivity index (χ4n) is 8.39. The van der Waals surface area contributed by atoms with Crippen LogP contribution in [0.2, 0.25) is 0 Å². The SMILES string of the molecule is C1=CC(c2ccccc2)Cc2c1sc1cccc(-c3ccc4oc5cc(-c6nc(C7=CC=C(c8ccccc8)CC7)nc(-c7ccccc7)n6)ccc5c4c3)c21. The van der Waals surface area contributed by atoms with E-state index in [2.05, 4.69) is 152 Å². The largest absolute Gasteiger partial charge is 0.456 e. The summed E-state index contributed by atoms with van der Waals surface area (Å²) in [4.78, 5) is 16.5. The molecule has 1 unspecified atom stereocenters. The maximum atomic E-state index is 6.55. The van der Waals surface area contributed by atoms with Crippen molar-refractivity contribution in [1.29, 1.82) is 0 Å². The molecule has 2 aliphatic carbocycles. The van der Waals surface area contributed by atoms with Crippen LogP contribution in [0, 0.1) is 0 Å². The van der Waals surface area contributed by atoms with Gasteiger partial charge in [-0.2, -0.15) is 0 Å². The van der Waals surface area contributed by atoms with Crippen LogP contribution in [-0.4, -0.2) is 15.0 Å². The molecule has 1 atom stereocenters. The number of furan rings is 1. The van der Waals surface area contributed by atoms with Gasteiger partial charge in [0, 0.05) is 42.8 Å². The standard InChI is InChI=1S/C51H35N3OS/c1-4-11-32(12-5-1)34-19-21-36(22-20-34)50-52-49(35-15-8-3-9-16-35)53-51(54-50)39-23-26-41-42-30-38(24-27-44(42)55-45(41)31-39)40-17-10-18-47-48(40)43-29-37(25-28-46(43)56-47)33-13-6-2-7-14-33/h1-19,21,23-28,30-31,37H,20,22,29H2. The first-order chi connectivity index (χ1) is 27.7. The summed E-state index contributed by atoms with van der Waals surface area (Å²) in [5.74, 6) is 2.38. The summed E-state index contributed by atoms with van der Waals surface area (Å²) in [6.45, 7) is 0. The van der Waals surface area contributed by atoms with Gasteiger partial charge >= 0.3 is 0 Å². The molecule has 5 heteroatoms. The highest BCUT2D eigenvalue weighted by atomic mass is 32.1. The Balaban J connectivity index is 0.977. The number of hydrogen-bond acceptors (Lipinski definition) is 5. The zero-order valence-electron chi connectivity index (χ0n) is 30.5. The summed E-state index contributed by atoms with van der Waals surface area (Å²) in [5, 5.41) is 3.54. The van der Waals surface area contributed by atoms with Crippen molar-refractivity contribution in [3.8, 4) is 33.9 Å². The second-order valence-electron chi connectivity index (χ2n) is 14.7. The molecule has 9 aromatic rings. The maximum absolute atomic E-state index is 6.55. The van der Waals surface area contributed by atoms with Gasteiger partial charge in [-0.25, -0.2) is 15.0 Å². The van der Waals surface area contributed by atoms with Gasteiger partial charge in [-0.05, 0) is 94.6 Å². The molecule has 0 bridgehead atoms. The molecule has 0 fully saturated rings. The van der Waals surface area contributed by atoms with Gasteiger partial charge in [0.15, 0.2) is 17.5 Å². The summed E-state index contributed by atoms with van der Waals surface area (Å²) in [6, 6.07) is 51.3. The molecule has 2 aliphatic rings. The van der Waals surface area contributed by atoms with Crippen LogP contribution < -0.4 is 0 Å². The molecule has 4 nitrogen and oxygen atoms in total. The van der Waals surface area contributed by atoms with Crippen LogP contribution in [0.5, 0.6) is 0 Å². The van der Waals surface area contributed by atoms with Crippen molar-refractivity contribution in [3.63, 3.8) is 0 Å². The van der Waals surface area contributed by atoms with Crippen molar-refractivity contribution in [2.24, 2.45) is 0 Å². The van der Waals surface area contributed by atoms with Crippen molar-refractivity contribution in [2.45, 2.75) is 25.2 Å². The molecule has 0 saturated heterocycles. The van der Waals surface area contributed by atoms with Crippen LogP contribution in [0.4, 0.5) is 0 Å². The van der Waals surface area contributed by atoms with Crippen LogP contribution in [0.15, 0.2) is 168 Å².